The van der Waals surface area contributed by atoms with Crippen molar-refractivity contribution in [3.05, 3.63) is 39.8 Å². The third kappa shape index (κ3) is 3.99. The van der Waals surface area contributed by atoms with Crippen LogP contribution in [-0.4, -0.2) is 32.6 Å². The second-order valence-electron chi connectivity index (χ2n) is 5.88. The number of aromatic nitrogens is 1. The molecule has 25 heavy (non-hydrogen) atoms. The van der Waals surface area contributed by atoms with Gasteiger partial charge in [-0.1, -0.05) is 0 Å². The normalized spacial score (nSPS) is 16.1. The van der Waals surface area contributed by atoms with E-state index in [4.69, 9.17) is 4.74 Å². The van der Waals surface area contributed by atoms with Crippen LogP contribution in [0.15, 0.2) is 22.5 Å². The molecule has 5 nitrogen and oxygen atoms in total. The average molecular weight is 388 g/mol. The van der Waals surface area contributed by atoms with Gasteiger partial charge in [-0.2, -0.15) is 0 Å². The van der Waals surface area contributed by atoms with Gasteiger partial charge in [0.05, 0.1) is 0 Å². The molecule has 2 heterocycles. The first-order chi connectivity index (χ1) is 11.9. The van der Waals surface area contributed by atoms with Crippen molar-refractivity contribution < 1.29 is 21.9 Å². The molecule has 0 bridgehead atoms. The molecule has 136 valence electrons. The maximum Gasteiger partial charge on any atom is 0.190 e. The van der Waals surface area contributed by atoms with Crippen molar-refractivity contribution in [3.63, 3.8) is 0 Å². The Bertz CT molecular complexity index is 849. The van der Waals surface area contributed by atoms with Gasteiger partial charge in [-0.3, -0.25) is 0 Å². The van der Waals surface area contributed by atoms with Crippen LogP contribution in [0, 0.1) is 18.6 Å². The molecule has 3 rings (SSSR count). The highest BCUT2D eigenvalue weighted by Gasteiger charge is 2.29. The largest absolute Gasteiger partial charge is 0.490 e. The minimum absolute atomic E-state index is 0.00218. The summed E-state index contributed by atoms with van der Waals surface area (Å²) in [5, 5.41) is 5.07. The van der Waals surface area contributed by atoms with E-state index >= 15 is 0 Å². The van der Waals surface area contributed by atoms with E-state index in [2.05, 4.69) is 10.3 Å². The number of benzene rings is 1. The number of piperidine rings is 1. The Labute approximate surface area is 149 Å². The number of hydrogen-bond acceptors (Lipinski definition) is 6. The summed E-state index contributed by atoms with van der Waals surface area (Å²) in [6.07, 6.45) is 2.76. The highest BCUT2D eigenvalue weighted by atomic mass is 32.2. The van der Waals surface area contributed by atoms with Crippen molar-refractivity contribution >= 4 is 21.2 Å². The fourth-order valence-electron chi connectivity index (χ4n) is 2.73. The molecule has 9 heteroatoms. The molecule has 1 fully saturated rings. The minimum atomic E-state index is -4.18. The number of ether oxygens (including phenoxy) is 1. The summed E-state index contributed by atoms with van der Waals surface area (Å²) in [5.41, 5.74) is -0.00218. The van der Waals surface area contributed by atoms with Gasteiger partial charge in [0.2, 0.25) is 0 Å². The second kappa shape index (κ2) is 7.35. The molecule has 1 aromatic carbocycles. The lowest BCUT2D eigenvalue weighted by molar-refractivity contribution is 0.160. The molecule has 0 atom stereocenters. The van der Waals surface area contributed by atoms with E-state index in [1.54, 1.807) is 5.38 Å². The predicted molar refractivity (Wildman–Crippen MR) is 90.6 cm³/mol. The maximum atomic E-state index is 14.7. The fraction of sp³-hybridized carbons (Fsp3) is 0.438. The Morgan fingerprint density at radius 3 is 2.72 bits per heavy atom. The van der Waals surface area contributed by atoms with Gasteiger partial charge >= 0.3 is 0 Å². The Hall–Kier alpha value is -1.58. The first-order valence-corrected chi connectivity index (χ1v) is 10.4. The number of nitrogens with zero attached hydrogens (tertiary/aromatic N) is 1. The van der Waals surface area contributed by atoms with Gasteiger partial charge in [0.1, 0.15) is 33.3 Å². The lowest BCUT2D eigenvalue weighted by Gasteiger charge is -2.25. The summed E-state index contributed by atoms with van der Waals surface area (Å²) < 4.78 is 59.7. The molecule has 1 aliphatic heterocycles. The minimum Gasteiger partial charge on any atom is -0.490 e. The molecule has 0 spiro atoms. The van der Waals surface area contributed by atoms with Crippen molar-refractivity contribution in [3.8, 4) is 5.75 Å². The Morgan fingerprint density at radius 2 is 2.08 bits per heavy atom. The standard InChI is InChI=1S/C16H18F2N2O3S2/c1-10-13(23-11-2-4-19-5-3-11)8-12(17)16(15(10)18)25(21,22)9-14-20-6-7-24-14/h6-8,11,19H,2-5,9H2,1H3. The number of thiazole rings is 1. The third-order valence-corrected chi connectivity index (χ3v) is 6.67. The van der Waals surface area contributed by atoms with E-state index in [0.717, 1.165) is 43.3 Å². The Morgan fingerprint density at radius 1 is 1.36 bits per heavy atom. The van der Waals surface area contributed by atoms with E-state index in [1.165, 1.54) is 13.1 Å². The van der Waals surface area contributed by atoms with Crippen LogP contribution in [0.3, 0.4) is 0 Å². The molecule has 1 aliphatic rings. The SMILES string of the molecule is Cc1c(OC2CCNCC2)cc(F)c(S(=O)(=O)Cc2nccs2)c1F. The summed E-state index contributed by atoms with van der Waals surface area (Å²) in [5.74, 6) is -2.72. The third-order valence-electron chi connectivity index (χ3n) is 4.06. The van der Waals surface area contributed by atoms with Crippen LogP contribution >= 0.6 is 11.3 Å². The van der Waals surface area contributed by atoms with E-state index in [-0.39, 0.29) is 22.4 Å². The molecular weight excluding hydrogens is 370 g/mol. The summed E-state index contributed by atoms with van der Waals surface area (Å²) in [7, 11) is -4.18. The Kier molecular flexibility index (Phi) is 5.35. The molecule has 1 saturated heterocycles. The van der Waals surface area contributed by atoms with Gasteiger partial charge in [0.25, 0.3) is 0 Å². The maximum absolute atomic E-state index is 14.7. The van der Waals surface area contributed by atoms with E-state index in [1.807, 2.05) is 0 Å². The molecule has 0 radical (unpaired) electrons. The van der Waals surface area contributed by atoms with Gasteiger partial charge in [-0.25, -0.2) is 22.2 Å². The van der Waals surface area contributed by atoms with Gasteiger partial charge in [0, 0.05) is 23.2 Å². The van der Waals surface area contributed by atoms with Gasteiger partial charge in [-0.05, 0) is 32.9 Å². The zero-order valence-corrected chi connectivity index (χ0v) is 15.2. The van der Waals surface area contributed by atoms with Crippen LogP contribution in [0.4, 0.5) is 8.78 Å². The van der Waals surface area contributed by atoms with Crippen molar-refractivity contribution in [2.75, 3.05) is 13.1 Å². The van der Waals surface area contributed by atoms with E-state index in [9.17, 15) is 17.2 Å². The lowest BCUT2D eigenvalue weighted by Crippen LogP contribution is -2.34. The fourth-order valence-corrected chi connectivity index (χ4v) is 5.20. The highest BCUT2D eigenvalue weighted by Crippen LogP contribution is 2.32. The van der Waals surface area contributed by atoms with Crippen LogP contribution in [0.5, 0.6) is 5.75 Å². The molecule has 1 aromatic heterocycles. The smallest absolute Gasteiger partial charge is 0.190 e. The quantitative estimate of drug-likeness (QED) is 0.853. The number of nitrogens with one attached hydrogen (secondary N) is 1. The van der Waals surface area contributed by atoms with E-state index in [0.29, 0.717) is 0 Å². The van der Waals surface area contributed by atoms with Crippen LogP contribution in [-0.2, 0) is 15.6 Å². The van der Waals surface area contributed by atoms with Gasteiger partial charge in [0.15, 0.2) is 15.7 Å². The van der Waals surface area contributed by atoms with Crippen molar-refractivity contribution in [1.29, 1.82) is 0 Å². The highest BCUT2D eigenvalue weighted by molar-refractivity contribution is 7.90. The lowest BCUT2D eigenvalue weighted by atomic mass is 10.1. The summed E-state index contributed by atoms with van der Waals surface area (Å²) >= 11 is 1.12. The van der Waals surface area contributed by atoms with Crippen LogP contribution in [0.1, 0.15) is 23.4 Å². The number of halogens is 2. The molecule has 0 unspecified atom stereocenters. The van der Waals surface area contributed by atoms with Crippen molar-refractivity contribution in [2.24, 2.45) is 0 Å². The molecule has 0 saturated carbocycles. The summed E-state index contributed by atoms with van der Waals surface area (Å²) in [6, 6.07) is 0.967. The first-order valence-electron chi connectivity index (χ1n) is 7.85. The molecule has 2 aromatic rings. The predicted octanol–water partition coefficient (Wildman–Crippen LogP) is 2.83. The summed E-state index contributed by atoms with van der Waals surface area (Å²) in [6.45, 7) is 2.94. The zero-order valence-electron chi connectivity index (χ0n) is 13.6. The number of hydrogen-bond donors (Lipinski definition) is 1. The number of rotatable bonds is 5. The van der Waals surface area contributed by atoms with E-state index < -0.39 is 32.1 Å². The first kappa shape index (κ1) is 18.2. The van der Waals surface area contributed by atoms with Gasteiger partial charge in [-0.15, -0.1) is 11.3 Å². The van der Waals surface area contributed by atoms with Crippen molar-refractivity contribution in [1.82, 2.24) is 10.3 Å². The Balaban J connectivity index is 1.92. The molecule has 0 amide bonds. The van der Waals surface area contributed by atoms with Crippen LogP contribution < -0.4 is 10.1 Å². The second-order valence-corrected chi connectivity index (χ2v) is 8.78. The van der Waals surface area contributed by atoms with Gasteiger partial charge < -0.3 is 10.1 Å². The topological polar surface area (TPSA) is 68.3 Å². The zero-order chi connectivity index (χ0) is 18.0. The molecule has 0 aliphatic carbocycles. The summed E-state index contributed by atoms with van der Waals surface area (Å²) in [4.78, 5) is 2.95. The molecule has 1 N–H and O–H groups in total. The van der Waals surface area contributed by atoms with Crippen LogP contribution in [0.2, 0.25) is 0 Å². The monoisotopic (exact) mass is 388 g/mol. The van der Waals surface area contributed by atoms with Crippen LogP contribution in [0.25, 0.3) is 0 Å². The van der Waals surface area contributed by atoms with Crippen molar-refractivity contribution in [2.45, 2.75) is 36.5 Å². The molecular formula is C16H18F2N2O3S2. The average Bonchev–Trinajstić information content (AvgIpc) is 3.05. The number of sulfone groups is 1.